The molecule has 8 heteroatoms. The second kappa shape index (κ2) is 7.84. The molecular weight excluding hydrogens is 376 g/mol. The first kappa shape index (κ1) is 20.0. The van der Waals surface area contributed by atoms with Crippen LogP contribution in [0.2, 0.25) is 0 Å². The van der Waals surface area contributed by atoms with Crippen LogP contribution in [-0.2, 0) is 6.54 Å². The second-order valence-corrected chi connectivity index (χ2v) is 8.44. The lowest BCUT2D eigenvalue weighted by Crippen LogP contribution is -2.54. The minimum atomic E-state index is -0.499. The minimum absolute atomic E-state index is 0.0461. The molecule has 0 aliphatic carbocycles. The van der Waals surface area contributed by atoms with Gasteiger partial charge >= 0.3 is 0 Å². The summed E-state index contributed by atoms with van der Waals surface area (Å²) in [6.07, 6.45) is 1.99. The first-order valence-electron chi connectivity index (χ1n) is 10.0. The van der Waals surface area contributed by atoms with Crippen molar-refractivity contribution in [1.82, 2.24) is 14.9 Å². The number of piperidine rings is 2. The number of anilines is 2. The molecule has 2 aliphatic heterocycles. The molecule has 6 nitrogen and oxygen atoms in total. The van der Waals surface area contributed by atoms with Gasteiger partial charge < -0.3 is 15.7 Å². The Balaban J connectivity index is 1.45. The molecule has 1 aromatic heterocycles. The summed E-state index contributed by atoms with van der Waals surface area (Å²) in [6, 6.07) is 5.88. The highest BCUT2D eigenvalue weighted by molar-refractivity contribution is 5.44. The van der Waals surface area contributed by atoms with E-state index >= 15 is 0 Å². The lowest BCUT2D eigenvalue weighted by molar-refractivity contribution is 0.0239. The summed E-state index contributed by atoms with van der Waals surface area (Å²) >= 11 is 0. The average Bonchev–Trinajstić information content (AvgIpc) is 2.65. The highest BCUT2D eigenvalue weighted by Crippen LogP contribution is 2.41. The van der Waals surface area contributed by atoms with E-state index in [2.05, 4.69) is 19.8 Å². The van der Waals surface area contributed by atoms with Gasteiger partial charge in [0.1, 0.15) is 17.5 Å². The Labute approximate surface area is 169 Å². The number of benzene rings is 1. The van der Waals surface area contributed by atoms with Gasteiger partial charge in [0, 0.05) is 37.0 Å². The Kier molecular flexibility index (Phi) is 5.40. The van der Waals surface area contributed by atoms with E-state index in [1.807, 2.05) is 13.0 Å². The fraction of sp³-hybridized carbons (Fsp3) is 0.524. The molecule has 0 saturated carbocycles. The Morgan fingerprint density at radius 3 is 2.55 bits per heavy atom. The van der Waals surface area contributed by atoms with Gasteiger partial charge in [0.15, 0.2) is 0 Å². The van der Waals surface area contributed by atoms with E-state index in [1.54, 1.807) is 0 Å². The molecule has 0 bridgehead atoms. The summed E-state index contributed by atoms with van der Waals surface area (Å²) in [6.45, 7) is 4.91. The molecule has 1 atom stereocenters. The van der Waals surface area contributed by atoms with Crippen molar-refractivity contribution in [2.24, 2.45) is 5.41 Å². The number of aliphatic hydroxyl groups is 1. The van der Waals surface area contributed by atoms with Crippen LogP contribution in [0.1, 0.15) is 30.5 Å². The number of aromatic nitrogens is 2. The van der Waals surface area contributed by atoms with Crippen LogP contribution in [0.4, 0.5) is 20.5 Å². The number of halogens is 2. The molecule has 0 amide bonds. The Morgan fingerprint density at radius 2 is 1.90 bits per heavy atom. The molecular formula is C21H27F2N5O. The molecule has 0 radical (unpaired) electrons. The quantitative estimate of drug-likeness (QED) is 0.820. The predicted molar refractivity (Wildman–Crippen MR) is 107 cm³/mol. The van der Waals surface area contributed by atoms with Gasteiger partial charge in [-0.05, 0) is 56.8 Å². The predicted octanol–water partition coefficient (Wildman–Crippen LogP) is 2.50. The van der Waals surface area contributed by atoms with Gasteiger partial charge in [-0.1, -0.05) is 6.07 Å². The lowest BCUT2D eigenvalue weighted by atomic mass is 9.71. The van der Waals surface area contributed by atoms with Crippen molar-refractivity contribution in [1.29, 1.82) is 0 Å². The van der Waals surface area contributed by atoms with Crippen molar-refractivity contribution in [2.45, 2.75) is 38.8 Å². The average molecular weight is 403 g/mol. The molecule has 3 heterocycles. The Bertz CT molecular complexity index is 845. The summed E-state index contributed by atoms with van der Waals surface area (Å²) in [7, 11) is 0. The van der Waals surface area contributed by atoms with Crippen LogP contribution in [-0.4, -0.2) is 52.3 Å². The number of aryl methyl sites for hydroxylation is 1. The van der Waals surface area contributed by atoms with E-state index in [0.717, 1.165) is 50.4 Å². The topological polar surface area (TPSA) is 78.5 Å². The number of nitrogens with two attached hydrogens (primary N) is 1. The van der Waals surface area contributed by atoms with Crippen LogP contribution in [0.25, 0.3) is 0 Å². The number of nitrogen functional groups attached to an aromatic ring is 1. The lowest BCUT2D eigenvalue weighted by Gasteiger charge is -2.49. The van der Waals surface area contributed by atoms with Crippen LogP contribution in [0, 0.1) is 24.0 Å². The van der Waals surface area contributed by atoms with E-state index in [-0.39, 0.29) is 23.5 Å². The summed E-state index contributed by atoms with van der Waals surface area (Å²) in [5.41, 5.74) is 6.68. The summed E-state index contributed by atoms with van der Waals surface area (Å²) in [5, 5.41) is 10.5. The van der Waals surface area contributed by atoms with E-state index in [4.69, 9.17) is 5.73 Å². The first-order valence-corrected chi connectivity index (χ1v) is 10.0. The van der Waals surface area contributed by atoms with Crippen LogP contribution in [0.5, 0.6) is 0 Å². The van der Waals surface area contributed by atoms with Crippen molar-refractivity contribution in [2.75, 3.05) is 36.8 Å². The highest BCUT2D eigenvalue weighted by Gasteiger charge is 2.42. The number of nitrogens with zero attached hydrogens (tertiary/aromatic N) is 4. The van der Waals surface area contributed by atoms with Gasteiger partial charge in [-0.2, -0.15) is 4.98 Å². The molecule has 2 aliphatic rings. The molecule has 2 saturated heterocycles. The van der Waals surface area contributed by atoms with Gasteiger partial charge in [0.2, 0.25) is 5.95 Å². The summed E-state index contributed by atoms with van der Waals surface area (Å²) in [4.78, 5) is 12.7. The minimum Gasteiger partial charge on any atom is -0.391 e. The van der Waals surface area contributed by atoms with Crippen LogP contribution >= 0.6 is 0 Å². The largest absolute Gasteiger partial charge is 0.391 e. The van der Waals surface area contributed by atoms with Gasteiger partial charge in [-0.25, -0.2) is 13.8 Å². The third kappa shape index (κ3) is 4.33. The molecule has 4 rings (SSSR count). The van der Waals surface area contributed by atoms with E-state index in [0.29, 0.717) is 6.54 Å². The fourth-order valence-electron chi connectivity index (χ4n) is 4.72. The fourth-order valence-corrected chi connectivity index (χ4v) is 4.72. The maximum atomic E-state index is 14.0. The zero-order valence-corrected chi connectivity index (χ0v) is 16.6. The number of likely N-dealkylation sites (tertiary alicyclic amines) is 1. The Morgan fingerprint density at radius 1 is 1.21 bits per heavy atom. The van der Waals surface area contributed by atoms with Crippen LogP contribution < -0.4 is 10.6 Å². The van der Waals surface area contributed by atoms with Crippen molar-refractivity contribution in [3.8, 4) is 0 Å². The van der Waals surface area contributed by atoms with Crippen LogP contribution in [0.3, 0.4) is 0 Å². The molecule has 29 heavy (non-hydrogen) atoms. The van der Waals surface area contributed by atoms with Gasteiger partial charge in [0.05, 0.1) is 6.10 Å². The number of rotatable bonds is 3. The molecule has 1 unspecified atom stereocenters. The standard InChI is InChI=1S/C21H27F2N5O/c1-14-9-19(26-20(24)25-14)28-11-15(29)10-21(13-28)5-7-27(8-6-21)12-16-17(22)3-2-4-18(16)23/h2-4,9,15,29H,5-8,10-13H2,1H3,(H2,24,25,26). The number of aliphatic hydroxyl groups excluding tert-OH is 1. The monoisotopic (exact) mass is 403 g/mol. The second-order valence-electron chi connectivity index (χ2n) is 8.44. The van der Waals surface area contributed by atoms with Crippen molar-refractivity contribution in [3.63, 3.8) is 0 Å². The van der Waals surface area contributed by atoms with E-state index in [9.17, 15) is 13.9 Å². The summed E-state index contributed by atoms with van der Waals surface area (Å²) < 4.78 is 28.0. The van der Waals surface area contributed by atoms with Crippen molar-refractivity contribution >= 4 is 11.8 Å². The van der Waals surface area contributed by atoms with Gasteiger partial charge in [-0.3, -0.25) is 4.90 Å². The maximum absolute atomic E-state index is 14.0. The van der Waals surface area contributed by atoms with Gasteiger partial charge in [0.25, 0.3) is 0 Å². The maximum Gasteiger partial charge on any atom is 0.222 e. The molecule has 156 valence electrons. The molecule has 2 fully saturated rings. The zero-order valence-electron chi connectivity index (χ0n) is 16.6. The normalized spacial score (nSPS) is 22.2. The third-order valence-corrected chi connectivity index (χ3v) is 6.17. The zero-order chi connectivity index (χ0) is 20.6. The van der Waals surface area contributed by atoms with Crippen molar-refractivity contribution < 1.29 is 13.9 Å². The Hall–Kier alpha value is -2.32. The van der Waals surface area contributed by atoms with E-state index in [1.165, 1.54) is 18.2 Å². The van der Waals surface area contributed by atoms with Crippen LogP contribution in [0.15, 0.2) is 24.3 Å². The smallest absolute Gasteiger partial charge is 0.222 e. The van der Waals surface area contributed by atoms with Crippen molar-refractivity contribution in [3.05, 3.63) is 47.2 Å². The summed E-state index contributed by atoms with van der Waals surface area (Å²) in [5.74, 6) is -0.0256. The molecule has 2 aromatic rings. The SMILES string of the molecule is Cc1cc(N2CC(O)CC3(CCN(Cc4c(F)cccc4F)CC3)C2)nc(N)n1. The third-order valence-electron chi connectivity index (χ3n) is 6.17. The molecule has 1 aromatic carbocycles. The number of hydrogen-bond donors (Lipinski definition) is 2. The first-order chi connectivity index (χ1) is 13.8. The number of β-amino-alcohol motifs (C(OH)–C–C–N with tert-alkyl or cyclic N) is 1. The number of hydrogen-bond acceptors (Lipinski definition) is 6. The molecule has 1 spiro atoms. The van der Waals surface area contributed by atoms with Gasteiger partial charge in [-0.15, -0.1) is 0 Å². The van der Waals surface area contributed by atoms with E-state index < -0.39 is 17.7 Å². The highest BCUT2D eigenvalue weighted by atomic mass is 19.1. The molecule has 3 N–H and O–H groups in total.